The van der Waals surface area contributed by atoms with E-state index in [-0.39, 0.29) is 5.02 Å². The van der Waals surface area contributed by atoms with Crippen LogP contribution in [0.15, 0.2) is 18.2 Å². The van der Waals surface area contributed by atoms with Gasteiger partial charge < -0.3 is 5.32 Å². The molecule has 2 nitrogen and oxygen atoms in total. The van der Waals surface area contributed by atoms with Gasteiger partial charge in [-0.25, -0.2) is 4.39 Å². The van der Waals surface area contributed by atoms with Crippen LogP contribution in [0, 0.1) is 5.82 Å². The highest BCUT2D eigenvalue weighted by molar-refractivity contribution is 7.84. The second-order valence-electron chi connectivity index (χ2n) is 3.56. The maximum Gasteiger partial charge on any atom is 0.142 e. The lowest BCUT2D eigenvalue weighted by molar-refractivity contribution is 0.619. The highest BCUT2D eigenvalue weighted by atomic mass is 35.5. The van der Waals surface area contributed by atoms with E-state index < -0.39 is 16.6 Å². The van der Waals surface area contributed by atoms with Crippen molar-refractivity contribution in [3.8, 4) is 0 Å². The van der Waals surface area contributed by atoms with E-state index in [0.29, 0.717) is 12.3 Å². The predicted octanol–water partition coefficient (Wildman–Crippen LogP) is 2.34. The molecule has 0 aromatic heterocycles. The molecule has 16 heavy (non-hydrogen) atoms. The zero-order valence-corrected chi connectivity index (χ0v) is 10.7. The van der Waals surface area contributed by atoms with Gasteiger partial charge in [-0.3, -0.25) is 4.21 Å². The van der Waals surface area contributed by atoms with Crippen molar-refractivity contribution in [1.82, 2.24) is 5.32 Å². The number of halogens is 2. The normalized spacial score (nSPS) is 12.7. The molecule has 1 aromatic carbocycles. The first-order valence-electron chi connectivity index (χ1n) is 5.04. The van der Waals surface area contributed by atoms with Gasteiger partial charge in [0.1, 0.15) is 5.82 Å². The van der Waals surface area contributed by atoms with Gasteiger partial charge in [0.15, 0.2) is 0 Å². The number of rotatable bonds is 6. The lowest BCUT2D eigenvalue weighted by atomic mass is 10.2. The molecule has 0 saturated carbocycles. The van der Waals surface area contributed by atoms with Crippen LogP contribution >= 0.6 is 11.6 Å². The molecule has 0 aliphatic carbocycles. The highest BCUT2D eigenvalue weighted by Crippen LogP contribution is 2.15. The Morgan fingerprint density at radius 3 is 2.88 bits per heavy atom. The second kappa shape index (κ2) is 6.99. The van der Waals surface area contributed by atoms with Crippen LogP contribution in [-0.4, -0.2) is 22.8 Å². The third kappa shape index (κ3) is 5.05. The minimum Gasteiger partial charge on any atom is -0.313 e. The van der Waals surface area contributed by atoms with E-state index in [1.54, 1.807) is 18.4 Å². The number of nitrogens with one attached hydrogen (secondary N) is 1. The Morgan fingerprint density at radius 1 is 1.50 bits per heavy atom. The lowest BCUT2D eigenvalue weighted by Crippen LogP contribution is -2.16. The molecular weight excluding hydrogens is 249 g/mol. The van der Waals surface area contributed by atoms with Gasteiger partial charge in [-0.2, -0.15) is 0 Å². The summed E-state index contributed by atoms with van der Waals surface area (Å²) in [6, 6.07) is 4.76. The molecule has 0 fully saturated rings. The van der Waals surface area contributed by atoms with Crippen LogP contribution < -0.4 is 5.32 Å². The van der Waals surface area contributed by atoms with Crippen molar-refractivity contribution in [3.05, 3.63) is 34.6 Å². The molecule has 1 N–H and O–H groups in total. The molecule has 0 amide bonds. The minimum absolute atomic E-state index is 0.144. The fraction of sp³-hybridized carbons (Fsp3) is 0.455. The van der Waals surface area contributed by atoms with Gasteiger partial charge in [0.05, 0.1) is 5.02 Å². The van der Waals surface area contributed by atoms with Crippen molar-refractivity contribution in [2.75, 3.05) is 18.6 Å². The Labute approximate surface area is 103 Å². The fourth-order valence-electron chi connectivity index (χ4n) is 1.28. The topological polar surface area (TPSA) is 29.1 Å². The molecule has 0 aliphatic heterocycles. The summed E-state index contributed by atoms with van der Waals surface area (Å²) in [7, 11) is -0.738. The minimum atomic E-state index is -0.738. The van der Waals surface area contributed by atoms with E-state index in [1.807, 2.05) is 0 Å². The van der Waals surface area contributed by atoms with Crippen molar-refractivity contribution in [2.24, 2.45) is 0 Å². The summed E-state index contributed by atoms with van der Waals surface area (Å²) in [6.07, 6.45) is 2.55. The summed E-state index contributed by atoms with van der Waals surface area (Å²) < 4.78 is 23.8. The van der Waals surface area contributed by atoms with Crippen LogP contribution in [-0.2, 0) is 17.3 Å². The standard InChI is InChI=1S/C11H15ClFNOS/c1-16(15)6-2-5-14-8-9-3-4-10(12)11(13)7-9/h3-4,7,14H,2,5-6,8H2,1H3. The molecule has 0 spiro atoms. The van der Waals surface area contributed by atoms with Crippen LogP contribution in [0.3, 0.4) is 0 Å². The van der Waals surface area contributed by atoms with Gasteiger partial charge in [0.2, 0.25) is 0 Å². The van der Waals surface area contributed by atoms with Crippen LogP contribution in [0.1, 0.15) is 12.0 Å². The van der Waals surface area contributed by atoms with Gasteiger partial charge in [0, 0.05) is 29.4 Å². The summed E-state index contributed by atoms with van der Waals surface area (Å²) in [4.78, 5) is 0. The molecule has 1 unspecified atom stereocenters. The molecule has 1 aromatic rings. The van der Waals surface area contributed by atoms with Gasteiger partial charge in [-0.15, -0.1) is 0 Å². The Morgan fingerprint density at radius 2 is 2.25 bits per heavy atom. The van der Waals surface area contributed by atoms with Crippen molar-refractivity contribution in [2.45, 2.75) is 13.0 Å². The van der Waals surface area contributed by atoms with Crippen molar-refractivity contribution in [1.29, 1.82) is 0 Å². The molecule has 5 heteroatoms. The smallest absolute Gasteiger partial charge is 0.142 e. The number of benzene rings is 1. The Bertz CT molecular complexity index is 373. The first-order chi connectivity index (χ1) is 7.59. The first kappa shape index (κ1) is 13.6. The molecule has 0 radical (unpaired) electrons. The monoisotopic (exact) mass is 263 g/mol. The second-order valence-corrected chi connectivity index (χ2v) is 5.52. The fourth-order valence-corrected chi connectivity index (χ4v) is 1.95. The van der Waals surface area contributed by atoms with Gasteiger partial charge in [-0.05, 0) is 30.7 Å². The van der Waals surface area contributed by atoms with Crippen LogP contribution in [0.5, 0.6) is 0 Å². The van der Waals surface area contributed by atoms with E-state index in [9.17, 15) is 8.60 Å². The van der Waals surface area contributed by atoms with E-state index in [4.69, 9.17) is 11.6 Å². The maximum atomic E-state index is 13.1. The third-order valence-electron chi connectivity index (χ3n) is 2.10. The van der Waals surface area contributed by atoms with Gasteiger partial charge in [0.25, 0.3) is 0 Å². The van der Waals surface area contributed by atoms with Crippen LogP contribution in [0.25, 0.3) is 0 Å². The van der Waals surface area contributed by atoms with Crippen molar-refractivity contribution < 1.29 is 8.60 Å². The van der Waals surface area contributed by atoms with Gasteiger partial charge >= 0.3 is 0 Å². The SMILES string of the molecule is CS(=O)CCCNCc1ccc(Cl)c(F)c1. The summed E-state index contributed by atoms with van der Waals surface area (Å²) in [5.74, 6) is 0.303. The van der Waals surface area contributed by atoms with E-state index in [2.05, 4.69) is 5.32 Å². The maximum absolute atomic E-state index is 13.1. The van der Waals surface area contributed by atoms with Crippen LogP contribution in [0.2, 0.25) is 5.02 Å². The summed E-state index contributed by atoms with van der Waals surface area (Å²) in [5.41, 5.74) is 0.861. The molecule has 0 heterocycles. The Kier molecular flexibility index (Phi) is 5.95. The predicted molar refractivity (Wildman–Crippen MR) is 66.7 cm³/mol. The van der Waals surface area contributed by atoms with E-state index >= 15 is 0 Å². The zero-order chi connectivity index (χ0) is 12.0. The molecule has 1 atom stereocenters. The quantitative estimate of drug-likeness (QED) is 0.799. The molecule has 0 bridgehead atoms. The Hall–Kier alpha value is -0.450. The van der Waals surface area contributed by atoms with E-state index in [0.717, 1.165) is 18.5 Å². The first-order valence-corrected chi connectivity index (χ1v) is 7.15. The summed E-state index contributed by atoms with van der Waals surface area (Å²) in [6.45, 7) is 1.38. The highest BCUT2D eigenvalue weighted by Gasteiger charge is 2.00. The number of hydrogen-bond acceptors (Lipinski definition) is 2. The Balaban J connectivity index is 2.27. The number of hydrogen-bond donors (Lipinski definition) is 1. The molecule has 1 rings (SSSR count). The zero-order valence-electron chi connectivity index (χ0n) is 9.13. The molecule has 0 aliphatic rings. The molecule has 0 saturated heterocycles. The largest absolute Gasteiger partial charge is 0.313 e. The van der Waals surface area contributed by atoms with Crippen molar-refractivity contribution in [3.63, 3.8) is 0 Å². The molecular formula is C11H15ClFNOS. The van der Waals surface area contributed by atoms with E-state index in [1.165, 1.54) is 6.07 Å². The lowest BCUT2D eigenvalue weighted by Gasteiger charge is -2.05. The average Bonchev–Trinajstić information content (AvgIpc) is 2.22. The third-order valence-corrected chi connectivity index (χ3v) is 3.27. The van der Waals surface area contributed by atoms with Crippen molar-refractivity contribution >= 4 is 22.4 Å². The van der Waals surface area contributed by atoms with Crippen LogP contribution in [0.4, 0.5) is 4.39 Å². The van der Waals surface area contributed by atoms with Gasteiger partial charge in [-0.1, -0.05) is 17.7 Å². The average molecular weight is 264 g/mol. The molecule has 90 valence electrons. The summed E-state index contributed by atoms with van der Waals surface area (Å²) in [5, 5.41) is 3.30. The summed E-state index contributed by atoms with van der Waals surface area (Å²) >= 11 is 5.57.